The van der Waals surface area contributed by atoms with Crippen LogP contribution < -0.4 is 5.43 Å². The Morgan fingerprint density at radius 2 is 2.00 bits per heavy atom. The highest BCUT2D eigenvalue weighted by atomic mass is 35.5. The molecular weight excluding hydrogens is 454 g/mol. The summed E-state index contributed by atoms with van der Waals surface area (Å²) in [5.74, 6) is -0.203. The predicted molar refractivity (Wildman–Crippen MR) is 125 cm³/mol. The molecule has 3 rings (SSSR count). The molecule has 1 heterocycles. The SMILES string of the molecule is C=CN=C(N/N=C1\C(=C/CC)C(C(=O)/C=C\F)=CN1C(=O)c1c(Cl)cccc1Cl)C1CC1. The van der Waals surface area contributed by atoms with Gasteiger partial charge in [0.2, 0.25) is 0 Å². The summed E-state index contributed by atoms with van der Waals surface area (Å²) in [4.78, 5) is 31.3. The number of aliphatic imine (C=N–C) groups is 1. The minimum absolute atomic E-state index is 0.0625. The molecule has 0 spiro atoms. The molecule has 1 aliphatic carbocycles. The molecular formula is C23H21Cl2FN4O2. The van der Waals surface area contributed by atoms with E-state index in [1.165, 1.54) is 29.4 Å². The molecule has 1 fully saturated rings. The molecule has 9 heteroatoms. The van der Waals surface area contributed by atoms with Crippen LogP contribution in [0.25, 0.3) is 0 Å². The van der Waals surface area contributed by atoms with Gasteiger partial charge in [-0.1, -0.05) is 48.8 Å². The summed E-state index contributed by atoms with van der Waals surface area (Å²) in [6.45, 7) is 5.48. The van der Waals surface area contributed by atoms with Gasteiger partial charge < -0.3 is 0 Å². The average Bonchev–Trinajstić information content (AvgIpc) is 3.53. The van der Waals surface area contributed by atoms with E-state index < -0.39 is 11.7 Å². The molecule has 1 aromatic carbocycles. The van der Waals surface area contributed by atoms with Crippen molar-refractivity contribution in [3.8, 4) is 0 Å². The van der Waals surface area contributed by atoms with E-state index in [0.29, 0.717) is 17.8 Å². The van der Waals surface area contributed by atoms with Crippen molar-refractivity contribution >= 4 is 46.6 Å². The lowest BCUT2D eigenvalue weighted by Crippen LogP contribution is -2.33. The van der Waals surface area contributed by atoms with E-state index in [2.05, 4.69) is 22.1 Å². The average molecular weight is 475 g/mol. The summed E-state index contributed by atoms with van der Waals surface area (Å²) >= 11 is 12.5. The second kappa shape index (κ2) is 10.5. The van der Waals surface area contributed by atoms with Gasteiger partial charge in [-0.25, -0.2) is 9.38 Å². The molecule has 0 saturated heterocycles. The third kappa shape index (κ3) is 5.06. The molecule has 1 aromatic rings. The molecule has 6 nitrogen and oxygen atoms in total. The number of ketones is 1. The van der Waals surface area contributed by atoms with Crippen LogP contribution in [0.3, 0.4) is 0 Å². The number of amidine groups is 2. The van der Waals surface area contributed by atoms with Crippen molar-refractivity contribution < 1.29 is 14.0 Å². The highest BCUT2D eigenvalue weighted by Gasteiger charge is 2.35. The molecule has 1 N–H and O–H groups in total. The molecule has 0 unspecified atom stereocenters. The first-order valence-corrected chi connectivity index (χ1v) is 10.7. The summed E-state index contributed by atoms with van der Waals surface area (Å²) in [6, 6.07) is 4.70. The van der Waals surface area contributed by atoms with E-state index in [-0.39, 0.29) is 39.3 Å². The Labute approximate surface area is 195 Å². The Kier molecular flexibility index (Phi) is 7.77. The van der Waals surface area contributed by atoms with E-state index in [1.54, 1.807) is 12.1 Å². The van der Waals surface area contributed by atoms with E-state index in [1.807, 2.05) is 6.92 Å². The fourth-order valence-corrected chi connectivity index (χ4v) is 3.70. The van der Waals surface area contributed by atoms with Crippen molar-refractivity contribution in [1.82, 2.24) is 10.3 Å². The summed E-state index contributed by atoms with van der Waals surface area (Å²) in [5.41, 5.74) is 3.46. The number of hydrogen-bond acceptors (Lipinski definition) is 4. The lowest BCUT2D eigenvalue weighted by Gasteiger charge is -2.18. The van der Waals surface area contributed by atoms with Gasteiger partial charge in [0.05, 0.1) is 21.9 Å². The van der Waals surface area contributed by atoms with Crippen molar-refractivity contribution in [1.29, 1.82) is 0 Å². The first-order chi connectivity index (χ1) is 15.4. The minimum Gasteiger partial charge on any atom is -0.289 e. The smallest absolute Gasteiger partial charge is 0.266 e. The minimum atomic E-state index is -0.609. The van der Waals surface area contributed by atoms with Crippen LogP contribution in [0.4, 0.5) is 4.39 Å². The second-order valence-electron chi connectivity index (χ2n) is 7.02. The van der Waals surface area contributed by atoms with Crippen LogP contribution in [0.1, 0.15) is 36.5 Å². The van der Waals surface area contributed by atoms with Crippen molar-refractivity contribution in [3.05, 3.63) is 82.4 Å². The molecule has 0 atom stereocenters. The Hall–Kier alpha value is -3.03. The number of carbonyl (C=O) groups excluding carboxylic acids is 2. The fraction of sp³-hybridized carbons (Fsp3) is 0.217. The van der Waals surface area contributed by atoms with E-state index in [4.69, 9.17) is 23.2 Å². The van der Waals surface area contributed by atoms with Gasteiger partial charge in [-0.2, -0.15) is 5.10 Å². The van der Waals surface area contributed by atoms with Crippen molar-refractivity contribution in [3.63, 3.8) is 0 Å². The number of carbonyl (C=O) groups is 2. The lowest BCUT2D eigenvalue weighted by molar-refractivity contribution is -0.111. The van der Waals surface area contributed by atoms with Crippen LogP contribution in [-0.2, 0) is 4.79 Å². The van der Waals surface area contributed by atoms with E-state index in [0.717, 1.165) is 18.9 Å². The second-order valence-corrected chi connectivity index (χ2v) is 7.83. The van der Waals surface area contributed by atoms with Crippen molar-refractivity contribution in [2.24, 2.45) is 16.0 Å². The van der Waals surface area contributed by atoms with Crippen LogP contribution in [0.2, 0.25) is 10.0 Å². The Bertz CT molecular complexity index is 1080. The van der Waals surface area contributed by atoms with Gasteiger partial charge >= 0.3 is 0 Å². The van der Waals surface area contributed by atoms with Gasteiger partial charge in [-0.15, -0.1) is 0 Å². The van der Waals surface area contributed by atoms with Gasteiger partial charge in [0.25, 0.3) is 5.91 Å². The summed E-state index contributed by atoms with van der Waals surface area (Å²) in [5, 5.41) is 4.70. The van der Waals surface area contributed by atoms with Crippen molar-refractivity contribution in [2.75, 3.05) is 0 Å². The predicted octanol–water partition coefficient (Wildman–Crippen LogP) is 5.58. The maximum atomic E-state index is 13.4. The first kappa shape index (κ1) is 23.6. The molecule has 1 aliphatic heterocycles. The van der Waals surface area contributed by atoms with Gasteiger partial charge in [0.1, 0.15) is 5.84 Å². The van der Waals surface area contributed by atoms with Crippen LogP contribution in [-0.4, -0.2) is 28.3 Å². The number of rotatable bonds is 7. The van der Waals surface area contributed by atoms with Gasteiger partial charge in [0, 0.05) is 35.5 Å². The maximum Gasteiger partial charge on any atom is 0.266 e. The summed E-state index contributed by atoms with van der Waals surface area (Å²) in [6.07, 6.45) is 7.86. The van der Waals surface area contributed by atoms with Gasteiger partial charge in [-0.3, -0.25) is 19.9 Å². The zero-order chi connectivity index (χ0) is 23.3. The molecule has 0 radical (unpaired) electrons. The van der Waals surface area contributed by atoms with Crippen LogP contribution in [0.15, 0.2) is 76.9 Å². The number of allylic oxidation sites excluding steroid dienone is 2. The zero-order valence-electron chi connectivity index (χ0n) is 17.3. The number of amides is 1. The number of nitrogens with one attached hydrogen (secondary N) is 1. The molecule has 32 heavy (non-hydrogen) atoms. The Morgan fingerprint density at radius 1 is 1.31 bits per heavy atom. The molecule has 1 saturated carbocycles. The first-order valence-electron chi connectivity index (χ1n) is 9.96. The fourth-order valence-electron chi connectivity index (χ4n) is 3.14. The number of benzene rings is 1. The number of hydrazone groups is 1. The maximum absolute atomic E-state index is 13.4. The third-order valence-corrected chi connectivity index (χ3v) is 5.40. The van der Waals surface area contributed by atoms with E-state index in [9.17, 15) is 14.0 Å². The molecule has 0 bridgehead atoms. The lowest BCUT2D eigenvalue weighted by atomic mass is 10.0. The Morgan fingerprint density at radius 3 is 2.56 bits per heavy atom. The largest absolute Gasteiger partial charge is 0.289 e. The summed E-state index contributed by atoms with van der Waals surface area (Å²) in [7, 11) is 0. The van der Waals surface area contributed by atoms with Crippen molar-refractivity contribution in [2.45, 2.75) is 26.2 Å². The monoisotopic (exact) mass is 474 g/mol. The third-order valence-electron chi connectivity index (χ3n) is 4.77. The Balaban J connectivity index is 2.10. The highest BCUT2D eigenvalue weighted by molar-refractivity contribution is 6.40. The molecule has 166 valence electrons. The van der Waals surface area contributed by atoms with E-state index >= 15 is 0 Å². The van der Waals surface area contributed by atoms with Crippen LogP contribution >= 0.6 is 23.2 Å². The topological polar surface area (TPSA) is 74.1 Å². The zero-order valence-corrected chi connectivity index (χ0v) is 18.8. The highest BCUT2D eigenvalue weighted by Crippen LogP contribution is 2.32. The molecule has 1 amide bonds. The van der Waals surface area contributed by atoms with Crippen LogP contribution in [0, 0.1) is 5.92 Å². The number of nitrogens with zero attached hydrogens (tertiary/aromatic N) is 3. The molecule has 0 aromatic heterocycles. The molecule has 2 aliphatic rings. The quantitative estimate of drug-likeness (QED) is 0.242. The number of hydrogen-bond donors (Lipinski definition) is 1. The standard InChI is InChI=1S/C23H21Cl2FN4O2/c1-3-6-15-16(19(31)11-12-26)13-30(23(32)20-17(24)7-5-8-18(20)25)22(15)29-28-21(27-4-2)14-9-10-14/h4-8,11-14H,2-3,9-10H2,1H3,(H,27,28)/b12-11-,15-6-,29-22+. The van der Waals surface area contributed by atoms with Gasteiger partial charge in [0.15, 0.2) is 11.6 Å². The van der Waals surface area contributed by atoms with Crippen LogP contribution in [0.5, 0.6) is 0 Å². The number of halogens is 3. The normalized spacial score (nSPS) is 19.1. The summed E-state index contributed by atoms with van der Waals surface area (Å²) < 4.78 is 12.7. The van der Waals surface area contributed by atoms with Gasteiger partial charge in [-0.05, 0) is 31.4 Å².